The zero-order valence-corrected chi connectivity index (χ0v) is 19.7. The number of benzene rings is 2. The van der Waals surface area contributed by atoms with E-state index in [1.807, 2.05) is 48.7 Å². The number of anilines is 1. The van der Waals surface area contributed by atoms with Crippen molar-refractivity contribution in [3.8, 4) is 22.8 Å². The van der Waals surface area contributed by atoms with Gasteiger partial charge in [0.05, 0.1) is 25.6 Å². The molecule has 2 aromatic heterocycles. The highest BCUT2D eigenvalue weighted by atomic mass is 35.5. The highest BCUT2D eigenvalue weighted by Gasteiger charge is 2.16. The second-order valence-electron chi connectivity index (χ2n) is 7.65. The Morgan fingerprint density at radius 2 is 1.82 bits per heavy atom. The number of hydrogen-bond donors (Lipinski definition) is 1. The molecule has 0 aliphatic carbocycles. The molecule has 0 aliphatic rings. The number of fused-ring (bicyclic) bond motifs is 1. The second kappa shape index (κ2) is 9.50. The summed E-state index contributed by atoms with van der Waals surface area (Å²) < 4.78 is 12.6. The van der Waals surface area contributed by atoms with E-state index in [0.29, 0.717) is 22.9 Å². The van der Waals surface area contributed by atoms with Crippen LogP contribution in [0.25, 0.3) is 16.9 Å². The Kier molecular flexibility index (Phi) is 6.51. The smallest absolute Gasteiger partial charge is 0.224 e. The van der Waals surface area contributed by atoms with Gasteiger partial charge in [0.25, 0.3) is 0 Å². The van der Waals surface area contributed by atoms with Crippen LogP contribution >= 0.6 is 11.6 Å². The molecule has 0 saturated heterocycles. The molecule has 0 saturated carbocycles. The van der Waals surface area contributed by atoms with E-state index in [1.165, 1.54) is 0 Å². The van der Waals surface area contributed by atoms with Crippen molar-refractivity contribution in [2.45, 2.75) is 26.7 Å². The lowest BCUT2D eigenvalue weighted by Crippen LogP contribution is -2.15. The number of methoxy groups -OCH3 is 2. The minimum Gasteiger partial charge on any atom is -0.496 e. The van der Waals surface area contributed by atoms with Crippen LogP contribution in [-0.2, 0) is 11.2 Å². The molecule has 4 rings (SSSR count). The number of halogens is 1. The first-order valence-corrected chi connectivity index (χ1v) is 10.9. The maximum atomic E-state index is 12.6. The molecule has 0 atom stereocenters. The van der Waals surface area contributed by atoms with E-state index in [1.54, 1.807) is 32.4 Å². The average molecular weight is 465 g/mol. The molecule has 0 bridgehead atoms. The molecule has 4 aromatic rings. The van der Waals surface area contributed by atoms with Crippen molar-refractivity contribution in [2.75, 3.05) is 19.5 Å². The molecule has 0 spiro atoms. The van der Waals surface area contributed by atoms with Crippen LogP contribution in [0.5, 0.6) is 11.5 Å². The van der Waals surface area contributed by atoms with Crippen LogP contribution in [0.3, 0.4) is 0 Å². The second-order valence-corrected chi connectivity index (χ2v) is 8.09. The summed E-state index contributed by atoms with van der Waals surface area (Å²) >= 11 is 6.06. The van der Waals surface area contributed by atoms with E-state index in [2.05, 4.69) is 5.32 Å². The minimum atomic E-state index is -0.135. The molecule has 33 heavy (non-hydrogen) atoms. The summed E-state index contributed by atoms with van der Waals surface area (Å²) in [5.41, 5.74) is 5.80. The Morgan fingerprint density at radius 3 is 2.58 bits per heavy atom. The molecule has 0 fully saturated rings. The molecule has 0 aliphatic heterocycles. The van der Waals surface area contributed by atoms with E-state index in [0.717, 1.165) is 39.6 Å². The van der Waals surface area contributed by atoms with Gasteiger partial charge >= 0.3 is 0 Å². The highest BCUT2D eigenvalue weighted by molar-refractivity contribution is 6.31. The van der Waals surface area contributed by atoms with Crippen LogP contribution in [0.2, 0.25) is 5.02 Å². The number of aryl methyl sites for hydroxylation is 2. The molecule has 0 radical (unpaired) electrons. The summed E-state index contributed by atoms with van der Waals surface area (Å²) in [7, 11) is 3.19. The van der Waals surface area contributed by atoms with Gasteiger partial charge in [0, 0.05) is 34.5 Å². The van der Waals surface area contributed by atoms with Gasteiger partial charge in [0.1, 0.15) is 11.5 Å². The van der Waals surface area contributed by atoms with Crippen molar-refractivity contribution in [3.63, 3.8) is 0 Å². The third kappa shape index (κ3) is 4.64. The van der Waals surface area contributed by atoms with Gasteiger partial charge in [-0.05, 0) is 56.2 Å². The fourth-order valence-electron chi connectivity index (χ4n) is 3.91. The Labute approximate surface area is 197 Å². The first kappa shape index (κ1) is 22.6. The molecule has 1 amide bonds. The number of nitrogens with zero attached hydrogens (tertiary/aromatic N) is 3. The van der Waals surface area contributed by atoms with E-state index in [-0.39, 0.29) is 12.3 Å². The zero-order valence-electron chi connectivity index (χ0n) is 19.0. The summed E-state index contributed by atoms with van der Waals surface area (Å²) in [6, 6.07) is 14.8. The minimum absolute atomic E-state index is 0.135. The van der Waals surface area contributed by atoms with Crippen molar-refractivity contribution in [1.82, 2.24) is 14.6 Å². The standard InChI is InChI=1S/C25H25ClN4O3/c1-15-18(10-12-25(31)28-21-13-17(26)9-11-23(21)33-4)16(2)30-24(27-15)14-20(29-30)19-7-5-6-8-22(19)32-3/h5-9,11,13-14H,10,12H2,1-4H3,(H,28,31). The molecule has 170 valence electrons. The van der Waals surface area contributed by atoms with Crippen LogP contribution < -0.4 is 14.8 Å². The topological polar surface area (TPSA) is 77.8 Å². The van der Waals surface area contributed by atoms with Crippen LogP contribution in [0, 0.1) is 13.8 Å². The monoisotopic (exact) mass is 464 g/mol. The van der Waals surface area contributed by atoms with Crippen LogP contribution in [0.1, 0.15) is 23.4 Å². The number of amides is 1. The first-order valence-electron chi connectivity index (χ1n) is 10.5. The fraction of sp³-hybridized carbons (Fsp3) is 0.240. The molecule has 1 N–H and O–H groups in total. The lowest BCUT2D eigenvalue weighted by molar-refractivity contribution is -0.116. The SMILES string of the molecule is COc1ccc(Cl)cc1NC(=O)CCc1c(C)nc2cc(-c3ccccc3OC)nn2c1C. The van der Waals surface area contributed by atoms with E-state index >= 15 is 0 Å². The number of hydrogen-bond acceptors (Lipinski definition) is 5. The predicted octanol–water partition coefficient (Wildman–Crippen LogP) is 5.26. The maximum absolute atomic E-state index is 12.6. The molecule has 7 nitrogen and oxygen atoms in total. The van der Waals surface area contributed by atoms with Gasteiger partial charge in [-0.25, -0.2) is 9.50 Å². The first-order chi connectivity index (χ1) is 15.9. The van der Waals surface area contributed by atoms with Gasteiger partial charge in [0.15, 0.2) is 5.65 Å². The van der Waals surface area contributed by atoms with Gasteiger partial charge in [-0.2, -0.15) is 5.10 Å². The third-order valence-corrected chi connectivity index (χ3v) is 5.82. The van der Waals surface area contributed by atoms with E-state index in [9.17, 15) is 4.79 Å². The van der Waals surface area contributed by atoms with Gasteiger partial charge in [-0.15, -0.1) is 0 Å². The lowest BCUT2D eigenvalue weighted by Gasteiger charge is -2.13. The quantitative estimate of drug-likeness (QED) is 0.404. The Balaban J connectivity index is 1.57. The summed E-state index contributed by atoms with van der Waals surface area (Å²) in [4.78, 5) is 17.4. The predicted molar refractivity (Wildman–Crippen MR) is 129 cm³/mol. The summed E-state index contributed by atoms with van der Waals surface area (Å²) in [5.74, 6) is 1.18. The van der Waals surface area contributed by atoms with Crippen molar-refractivity contribution in [2.24, 2.45) is 0 Å². The lowest BCUT2D eigenvalue weighted by atomic mass is 10.1. The van der Waals surface area contributed by atoms with Crippen LogP contribution in [0.4, 0.5) is 5.69 Å². The van der Waals surface area contributed by atoms with Gasteiger partial charge < -0.3 is 14.8 Å². The number of para-hydroxylation sites is 1. The van der Waals surface area contributed by atoms with Gasteiger partial charge in [-0.3, -0.25) is 4.79 Å². The largest absolute Gasteiger partial charge is 0.496 e. The maximum Gasteiger partial charge on any atom is 0.224 e. The number of carbonyl (C=O) groups is 1. The molecule has 2 heterocycles. The fourth-order valence-corrected chi connectivity index (χ4v) is 4.08. The zero-order chi connectivity index (χ0) is 23.5. The summed E-state index contributed by atoms with van der Waals surface area (Å²) in [5, 5.41) is 8.17. The average Bonchev–Trinajstić information content (AvgIpc) is 3.23. The van der Waals surface area contributed by atoms with Crippen molar-refractivity contribution >= 4 is 28.8 Å². The summed E-state index contributed by atoms with van der Waals surface area (Å²) in [6.45, 7) is 3.95. The molecule has 2 aromatic carbocycles. The van der Waals surface area contributed by atoms with Gasteiger partial charge in [0.2, 0.25) is 5.91 Å². The molecular formula is C25H25ClN4O3. The third-order valence-electron chi connectivity index (χ3n) is 5.58. The van der Waals surface area contributed by atoms with E-state index < -0.39 is 0 Å². The number of aromatic nitrogens is 3. The number of nitrogens with one attached hydrogen (secondary N) is 1. The van der Waals surface area contributed by atoms with E-state index in [4.69, 9.17) is 31.2 Å². The Bertz CT molecular complexity index is 1330. The molecule has 8 heteroatoms. The van der Waals surface area contributed by atoms with Crippen molar-refractivity contribution < 1.29 is 14.3 Å². The number of rotatable bonds is 7. The van der Waals surface area contributed by atoms with Gasteiger partial charge in [-0.1, -0.05) is 23.7 Å². The molecular weight excluding hydrogens is 440 g/mol. The Hall–Kier alpha value is -3.58. The van der Waals surface area contributed by atoms with Crippen LogP contribution in [-0.4, -0.2) is 34.7 Å². The number of carbonyl (C=O) groups excluding carboxylic acids is 1. The van der Waals surface area contributed by atoms with Crippen molar-refractivity contribution in [3.05, 3.63) is 70.5 Å². The Morgan fingerprint density at radius 1 is 1.06 bits per heavy atom. The highest BCUT2D eigenvalue weighted by Crippen LogP contribution is 2.30. The molecule has 0 unspecified atom stereocenters. The number of ether oxygens (including phenoxy) is 2. The normalized spacial score (nSPS) is 10.9. The summed E-state index contributed by atoms with van der Waals surface area (Å²) in [6.07, 6.45) is 0.810. The van der Waals surface area contributed by atoms with Crippen molar-refractivity contribution in [1.29, 1.82) is 0 Å². The van der Waals surface area contributed by atoms with Crippen LogP contribution in [0.15, 0.2) is 48.5 Å².